The highest BCUT2D eigenvalue weighted by atomic mass is 15.3. The summed E-state index contributed by atoms with van der Waals surface area (Å²) in [6.07, 6.45) is 8.49. The number of piperidine rings is 1. The van der Waals surface area contributed by atoms with Crippen LogP contribution >= 0.6 is 0 Å². The number of piperazine rings is 1. The first-order valence-corrected chi connectivity index (χ1v) is 9.87. The van der Waals surface area contributed by atoms with Crippen LogP contribution in [0.25, 0.3) is 0 Å². The van der Waals surface area contributed by atoms with Crippen LogP contribution in [0.15, 0.2) is 0 Å². The molecule has 0 radical (unpaired) electrons. The molecule has 2 aliphatic rings. The largest absolute Gasteiger partial charge is 0.303 e. The Kier molecular flexibility index (Phi) is 8.19. The Hall–Kier alpha value is -0.120. The van der Waals surface area contributed by atoms with Gasteiger partial charge in [-0.25, -0.2) is 0 Å². The van der Waals surface area contributed by atoms with Crippen LogP contribution in [0.5, 0.6) is 0 Å². The Morgan fingerprint density at radius 1 is 0.773 bits per heavy atom. The fraction of sp³-hybridized carbons (Fsp3) is 1.00. The topological polar surface area (TPSA) is 9.72 Å². The number of rotatable bonds is 8. The first-order chi connectivity index (χ1) is 10.7. The molecule has 0 saturated carbocycles. The summed E-state index contributed by atoms with van der Waals surface area (Å²) in [5.41, 5.74) is 0. The lowest BCUT2D eigenvalue weighted by atomic mass is 9.94. The first-order valence-electron chi connectivity index (χ1n) is 9.87. The van der Waals surface area contributed by atoms with Crippen LogP contribution < -0.4 is 0 Å². The molecule has 3 heteroatoms. The van der Waals surface area contributed by atoms with Crippen LogP contribution in [0.3, 0.4) is 0 Å². The summed E-state index contributed by atoms with van der Waals surface area (Å²) in [4.78, 5) is 7.98. The Morgan fingerprint density at radius 2 is 1.32 bits per heavy atom. The van der Waals surface area contributed by atoms with E-state index in [0.717, 1.165) is 12.0 Å². The van der Waals surface area contributed by atoms with Gasteiger partial charge in [0, 0.05) is 32.2 Å². The van der Waals surface area contributed by atoms with Crippen LogP contribution in [-0.4, -0.2) is 73.1 Å². The molecule has 0 aromatic rings. The van der Waals surface area contributed by atoms with E-state index >= 15 is 0 Å². The fourth-order valence-corrected chi connectivity index (χ4v) is 3.97. The number of unbranched alkanes of at least 4 members (excludes halogenated alkanes) is 2. The van der Waals surface area contributed by atoms with Crippen LogP contribution in [-0.2, 0) is 0 Å². The highest BCUT2D eigenvalue weighted by Crippen LogP contribution is 2.20. The Balaban J connectivity index is 1.45. The zero-order chi connectivity index (χ0) is 15.8. The molecule has 130 valence electrons. The number of hydrogen-bond donors (Lipinski definition) is 0. The molecular formula is C19H39N3. The van der Waals surface area contributed by atoms with Crippen LogP contribution in [0, 0.1) is 5.92 Å². The van der Waals surface area contributed by atoms with Gasteiger partial charge in [-0.1, -0.05) is 19.8 Å². The summed E-state index contributed by atoms with van der Waals surface area (Å²) in [6.45, 7) is 17.5. The third kappa shape index (κ3) is 6.17. The molecule has 0 aliphatic carbocycles. The van der Waals surface area contributed by atoms with Crippen molar-refractivity contribution in [3.05, 3.63) is 0 Å². The second kappa shape index (κ2) is 9.89. The Labute approximate surface area is 139 Å². The molecule has 2 rings (SSSR count). The number of hydrogen-bond acceptors (Lipinski definition) is 3. The SMILES string of the molecule is CCC1CCN(CCCCCN2CCN(C(C)C)CC2)CC1. The summed E-state index contributed by atoms with van der Waals surface area (Å²) in [5.74, 6) is 1.01. The predicted molar refractivity (Wildman–Crippen MR) is 96.5 cm³/mol. The maximum Gasteiger partial charge on any atom is 0.0113 e. The lowest BCUT2D eigenvalue weighted by molar-refractivity contribution is 0.107. The molecule has 0 atom stereocenters. The molecule has 0 unspecified atom stereocenters. The van der Waals surface area contributed by atoms with Crippen molar-refractivity contribution >= 4 is 0 Å². The lowest BCUT2D eigenvalue weighted by Crippen LogP contribution is -2.48. The van der Waals surface area contributed by atoms with Gasteiger partial charge >= 0.3 is 0 Å². The lowest BCUT2D eigenvalue weighted by Gasteiger charge is -2.37. The van der Waals surface area contributed by atoms with Crippen LogP contribution in [0.4, 0.5) is 0 Å². The minimum absolute atomic E-state index is 0.721. The summed E-state index contributed by atoms with van der Waals surface area (Å²) >= 11 is 0. The van der Waals surface area contributed by atoms with Gasteiger partial charge in [-0.3, -0.25) is 4.90 Å². The highest BCUT2D eigenvalue weighted by molar-refractivity contribution is 4.74. The van der Waals surface area contributed by atoms with E-state index in [4.69, 9.17) is 0 Å². The van der Waals surface area contributed by atoms with E-state index in [9.17, 15) is 0 Å². The van der Waals surface area contributed by atoms with Gasteiger partial charge in [0.1, 0.15) is 0 Å². The molecular weight excluding hydrogens is 270 g/mol. The fourth-order valence-electron chi connectivity index (χ4n) is 3.97. The molecule has 3 nitrogen and oxygen atoms in total. The maximum absolute atomic E-state index is 2.70. The van der Waals surface area contributed by atoms with Gasteiger partial charge < -0.3 is 9.80 Å². The number of likely N-dealkylation sites (tertiary alicyclic amines) is 1. The van der Waals surface area contributed by atoms with Gasteiger partial charge in [0.25, 0.3) is 0 Å². The molecule has 0 amide bonds. The minimum Gasteiger partial charge on any atom is -0.303 e. The molecule has 22 heavy (non-hydrogen) atoms. The van der Waals surface area contributed by atoms with Crippen molar-refractivity contribution in [3.63, 3.8) is 0 Å². The van der Waals surface area contributed by atoms with Crippen molar-refractivity contribution in [2.45, 2.75) is 65.3 Å². The highest BCUT2D eigenvalue weighted by Gasteiger charge is 2.19. The second-order valence-electron chi connectivity index (χ2n) is 7.73. The predicted octanol–water partition coefficient (Wildman–Crippen LogP) is 3.30. The molecule has 2 heterocycles. The van der Waals surface area contributed by atoms with Crippen molar-refractivity contribution < 1.29 is 0 Å². The van der Waals surface area contributed by atoms with Crippen molar-refractivity contribution in [2.75, 3.05) is 52.4 Å². The molecule has 0 N–H and O–H groups in total. The third-order valence-corrected chi connectivity index (χ3v) is 5.87. The van der Waals surface area contributed by atoms with E-state index in [1.807, 2.05) is 0 Å². The molecule has 2 saturated heterocycles. The average molecular weight is 310 g/mol. The first kappa shape index (κ1) is 18.2. The van der Waals surface area contributed by atoms with Crippen molar-refractivity contribution in [3.8, 4) is 0 Å². The smallest absolute Gasteiger partial charge is 0.0113 e. The molecule has 2 aliphatic heterocycles. The van der Waals surface area contributed by atoms with E-state index < -0.39 is 0 Å². The summed E-state index contributed by atoms with van der Waals surface area (Å²) in [7, 11) is 0. The number of nitrogens with zero attached hydrogens (tertiary/aromatic N) is 3. The van der Waals surface area contributed by atoms with Gasteiger partial charge in [0.15, 0.2) is 0 Å². The molecule has 2 fully saturated rings. The average Bonchev–Trinajstić information content (AvgIpc) is 2.55. The third-order valence-electron chi connectivity index (χ3n) is 5.87. The maximum atomic E-state index is 2.70. The monoisotopic (exact) mass is 309 g/mol. The van der Waals surface area contributed by atoms with Gasteiger partial charge in [-0.15, -0.1) is 0 Å². The molecule has 0 aromatic heterocycles. The molecule has 0 spiro atoms. The van der Waals surface area contributed by atoms with Gasteiger partial charge in [0.05, 0.1) is 0 Å². The second-order valence-corrected chi connectivity index (χ2v) is 7.73. The van der Waals surface area contributed by atoms with Crippen LogP contribution in [0.2, 0.25) is 0 Å². The van der Waals surface area contributed by atoms with E-state index in [2.05, 4.69) is 35.5 Å². The van der Waals surface area contributed by atoms with Crippen LogP contribution in [0.1, 0.15) is 59.3 Å². The zero-order valence-corrected chi connectivity index (χ0v) is 15.4. The van der Waals surface area contributed by atoms with Gasteiger partial charge in [-0.05, 0) is 71.6 Å². The van der Waals surface area contributed by atoms with E-state index in [0.29, 0.717) is 0 Å². The minimum atomic E-state index is 0.721. The Morgan fingerprint density at radius 3 is 1.82 bits per heavy atom. The van der Waals surface area contributed by atoms with Gasteiger partial charge in [-0.2, -0.15) is 0 Å². The normalized spacial score (nSPS) is 23.5. The standard InChI is InChI=1S/C19H39N3/c1-4-19-8-12-20(13-9-19)10-6-5-7-11-21-14-16-22(17-15-21)18(2)3/h18-19H,4-17H2,1-3H3. The van der Waals surface area contributed by atoms with Crippen molar-refractivity contribution in [1.82, 2.24) is 14.7 Å². The van der Waals surface area contributed by atoms with E-state index in [1.165, 1.54) is 90.9 Å². The summed E-state index contributed by atoms with van der Waals surface area (Å²) in [5, 5.41) is 0. The molecule has 0 bridgehead atoms. The summed E-state index contributed by atoms with van der Waals surface area (Å²) in [6, 6.07) is 0.721. The Bertz CT molecular complexity index is 276. The van der Waals surface area contributed by atoms with Gasteiger partial charge in [0.2, 0.25) is 0 Å². The van der Waals surface area contributed by atoms with Crippen molar-refractivity contribution in [2.24, 2.45) is 5.92 Å². The molecule has 0 aromatic carbocycles. The van der Waals surface area contributed by atoms with Crippen molar-refractivity contribution in [1.29, 1.82) is 0 Å². The van der Waals surface area contributed by atoms with E-state index in [1.54, 1.807) is 0 Å². The van der Waals surface area contributed by atoms with E-state index in [-0.39, 0.29) is 0 Å². The summed E-state index contributed by atoms with van der Waals surface area (Å²) < 4.78 is 0. The zero-order valence-electron chi connectivity index (χ0n) is 15.4. The quantitative estimate of drug-likeness (QED) is 0.637.